The first-order valence-electron chi connectivity index (χ1n) is 9.61. The van der Waals surface area contributed by atoms with Gasteiger partial charge in [0, 0.05) is 22.3 Å². The Morgan fingerprint density at radius 1 is 1.00 bits per heavy atom. The Bertz CT molecular complexity index is 1290. The third-order valence-corrected chi connectivity index (χ3v) is 5.10. The molecule has 1 heterocycles. The summed E-state index contributed by atoms with van der Waals surface area (Å²) in [4.78, 5) is 23.6. The van der Waals surface area contributed by atoms with Crippen LogP contribution in [-0.2, 0) is 0 Å². The smallest absolute Gasteiger partial charge is 0.291 e. The highest BCUT2D eigenvalue weighted by Crippen LogP contribution is 2.33. The van der Waals surface area contributed by atoms with Gasteiger partial charge in [-0.25, -0.2) is 0 Å². The summed E-state index contributed by atoms with van der Waals surface area (Å²) in [6.45, 7) is 0. The standard InChI is InChI=1S/C24H17ClN2O5/c25-16-10-11-19(18(14-16)23(28)15-6-2-1-3-7-15)26-24(29)22-13-12-21(32-22)17-8-4-5-9-20(17)27(30)31/h1-14,23,28H,(H,26,29). The Kier molecular flexibility index (Phi) is 6.02. The van der Waals surface area contributed by atoms with E-state index >= 15 is 0 Å². The minimum atomic E-state index is -1.01. The van der Waals surface area contributed by atoms with E-state index < -0.39 is 16.9 Å². The van der Waals surface area contributed by atoms with Crippen molar-refractivity contribution in [1.82, 2.24) is 0 Å². The fraction of sp³-hybridized carbons (Fsp3) is 0.0417. The zero-order chi connectivity index (χ0) is 22.7. The van der Waals surface area contributed by atoms with E-state index in [2.05, 4.69) is 5.32 Å². The van der Waals surface area contributed by atoms with Crippen molar-refractivity contribution in [3.63, 3.8) is 0 Å². The summed E-state index contributed by atoms with van der Waals surface area (Å²) >= 11 is 6.12. The monoisotopic (exact) mass is 448 g/mol. The summed E-state index contributed by atoms with van der Waals surface area (Å²) in [5.41, 5.74) is 1.56. The minimum Gasteiger partial charge on any atom is -0.451 e. The molecular formula is C24H17ClN2O5. The molecule has 4 aromatic rings. The number of hydrogen-bond acceptors (Lipinski definition) is 5. The molecule has 0 saturated carbocycles. The number of nitro groups is 1. The lowest BCUT2D eigenvalue weighted by Crippen LogP contribution is -2.14. The average molecular weight is 449 g/mol. The van der Waals surface area contributed by atoms with E-state index in [4.69, 9.17) is 16.0 Å². The molecule has 0 aliphatic carbocycles. The normalized spacial score (nSPS) is 11.7. The molecule has 8 heteroatoms. The van der Waals surface area contributed by atoms with Crippen LogP contribution in [0.15, 0.2) is 89.3 Å². The van der Waals surface area contributed by atoms with Crippen LogP contribution in [0.5, 0.6) is 0 Å². The topological polar surface area (TPSA) is 106 Å². The maximum atomic E-state index is 12.8. The molecule has 1 amide bonds. The van der Waals surface area contributed by atoms with Crippen LogP contribution in [0.4, 0.5) is 11.4 Å². The number of hydrogen-bond donors (Lipinski definition) is 2. The number of aliphatic hydroxyl groups is 1. The highest BCUT2D eigenvalue weighted by atomic mass is 35.5. The van der Waals surface area contributed by atoms with Crippen LogP contribution in [0.2, 0.25) is 5.02 Å². The lowest BCUT2D eigenvalue weighted by atomic mass is 10.00. The van der Waals surface area contributed by atoms with Crippen molar-refractivity contribution in [2.24, 2.45) is 0 Å². The minimum absolute atomic E-state index is 0.0340. The Balaban J connectivity index is 1.62. The van der Waals surface area contributed by atoms with Crippen LogP contribution in [0.3, 0.4) is 0 Å². The van der Waals surface area contributed by atoms with Gasteiger partial charge in [-0.05, 0) is 42.0 Å². The number of rotatable bonds is 6. The number of aliphatic hydroxyl groups excluding tert-OH is 1. The average Bonchev–Trinajstić information content (AvgIpc) is 3.30. The number of carbonyl (C=O) groups excluding carboxylic acids is 1. The van der Waals surface area contributed by atoms with E-state index in [1.807, 2.05) is 6.07 Å². The molecule has 1 atom stereocenters. The number of para-hydroxylation sites is 1. The predicted molar refractivity (Wildman–Crippen MR) is 121 cm³/mol. The van der Waals surface area contributed by atoms with Gasteiger partial charge in [-0.3, -0.25) is 14.9 Å². The highest BCUT2D eigenvalue weighted by molar-refractivity contribution is 6.30. The second kappa shape index (κ2) is 9.05. The molecule has 0 fully saturated rings. The molecule has 0 saturated heterocycles. The van der Waals surface area contributed by atoms with Crippen molar-refractivity contribution in [2.45, 2.75) is 6.10 Å². The van der Waals surface area contributed by atoms with Crippen molar-refractivity contribution in [1.29, 1.82) is 0 Å². The Morgan fingerprint density at radius 3 is 2.47 bits per heavy atom. The Hall–Kier alpha value is -3.94. The van der Waals surface area contributed by atoms with Crippen LogP contribution in [0, 0.1) is 10.1 Å². The molecule has 0 aliphatic heterocycles. The number of nitrogens with one attached hydrogen (secondary N) is 1. The maximum Gasteiger partial charge on any atom is 0.291 e. The van der Waals surface area contributed by atoms with Crippen LogP contribution in [0.1, 0.15) is 27.8 Å². The summed E-state index contributed by atoms with van der Waals surface area (Å²) in [6.07, 6.45) is -1.01. The number of nitro benzene ring substituents is 1. The van der Waals surface area contributed by atoms with E-state index in [1.54, 1.807) is 60.7 Å². The molecule has 0 radical (unpaired) electrons. The van der Waals surface area contributed by atoms with Gasteiger partial charge in [0.2, 0.25) is 0 Å². The van der Waals surface area contributed by atoms with E-state index in [1.165, 1.54) is 18.2 Å². The lowest BCUT2D eigenvalue weighted by Gasteiger charge is -2.17. The molecule has 1 aromatic heterocycles. The Morgan fingerprint density at radius 2 is 1.72 bits per heavy atom. The van der Waals surface area contributed by atoms with Crippen LogP contribution >= 0.6 is 11.6 Å². The van der Waals surface area contributed by atoms with E-state index in [0.717, 1.165) is 0 Å². The second-order valence-electron chi connectivity index (χ2n) is 6.94. The first kappa shape index (κ1) is 21.3. The van der Waals surface area contributed by atoms with Crippen LogP contribution in [0.25, 0.3) is 11.3 Å². The zero-order valence-electron chi connectivity index (χ0n) is 16.6. The van der Waals surface area contributed by atoms with E-state index in [9.17, 15) is 20.0 Å². The maximum absolute atomic E-state index is 12.8. The van der Waals surface area contributed by atoms with Crippen molar-refractivity contribution >= 4 is 28.9 Å². The van der Waals surface area contributed by atoms with Gasteiger partial charge in [-0.2, -0.15) is 0 Å². The summed E-state index contributed by atoms with van der Waals surface area (Å²) < 4.78 is 5.60. The van der Waals surface area contributed by atoms with Gasteiger partial charge in [0.1, 0.15) is 11.9 Å². The molecule has 32 heavy (non-hydrogen) atoms. The summed E-state index contributed by atoms with van der Waals surface area (Å²) in [6, 6.07) is 22.8. The van der Waals surface area contributed by atoms with Crippen LogP contribution in [-0.4, -0.2) is 15.9 Å². The second-order valence-corrected chi connectivity index (χ2v) is 7.37. The van der Waals surface area contributed by atoms with Gasteiger partial charge < -0.3 is 14.8 Å². The summed E-state index contributed by atoms with van der Waals surface area (Å²) in [5.74, 6) is -0.407. The number of amides is 1. The number of furan rings is 1. The first-order valence-corrected chi connectivity index (χ1v) is 9.99. The quantitative estimate of drug-likeness (QED) is 0.284. The Labute approximate surface area is 188 Å². The molecule has 0 aliphatic rings. The molecule has 160 valence electrons. The number of carbonyl (C=O) groups is 1. The highest BCUT2D eigenvalue weighted by Gasteiger charge is 2.21. The first-order chi connectivity index (χ1) is 15.4. The third-order valence-electron chi connectivity index (χ3n) is 4.87. The van der Waals surface area contributed by atoms with Gasteiger partial charge in [0.15, 0.2) is 5.76 Å². The SMILES string of the molecule is O=C(Nc1ccc(Cl)cc1C(O)c1ccccc1)c1ccc(-c2ccccc2[N+](=O)[O-])o1. The van der Waals surface area contributed by atoms with E-state index in [-0.39, 0.29) is 22.8 Å². The van der Waals surface area contributed by atoms with Crippen molar-refractivity contribution in [3.05, 3.63) is 117 Å². The molecule has 0 spiro atoms. The molecule has 2 N–H and O–H groups in total. The summed E-state index contributed by atoms with van der Waals surface area (Å²) in [5, 5.41) is 25.2. The lowest BCUT2D eigenvalue weighted by molar-refractivity contribution is -0.384. The molecule has 0 bridgehead atoms. The van der Waals surface area contributed by atoms with Gasteiger partial charge in [-0.15, -0.1) is 0 Å². The molecule has 3 aromatic carbocycles. The fourth-order valence-corrected chi connectivity index (χ4v) is 3.50. The molecule has 1 unspecified atom stereocenters. The number of nitrogens with zero attached hydrogens (tertiary/aromatic N) is 1. The fourth-order valence-electron chi connectivity index (χ4n) is 3.32. The van der Waals surface area contributed by atoms with Crippen molar-refractivity contribution in [3.8, 4) is 11.3 Å². The number of anilines is 1. The zero-order valence-corrected chi connectivity index (χ0v) is 17.3. The van der Waals surface area contributed by atoms with Gasteiger partial charge in [0.05, 0.1) is 10.5 Å². The van der Waals surface area contributed by atoms with Gasteiger partial charge in [0.25, 0.3) is 11.6 Å². The number of halogens is 1. The van der Waals surface area contributed by atoms with Crippen molar-refractivity contribution in [2.75, 3.05) is 5.32 Å². The van der Waals surface area contributed by atoms with Gasteiger partial charge in [-0.1, -0.05) is 54.1 Å². The predicted octanol–water partition coefficient (Wildman–Crippen LogP) is 5.84. The molecule has 4 rings (SSSR count). The number of benzene rings is 3. The third kappa shape index (κ3) is 4.39. The van der Waals surface area contributed by atoms with Crippen molar-refractivity contribution < 1.29 is 19.2 Å². The molecule has 7 nitrogen and oxygen atoms in total. The van der Waals surface area contributed by atoms with Crippen LogP contribution < -0.4 is 5.32 Å². The largest absolute Gasteiger partial charge is 0.451 e. The molecular weight excluding hydrogens is 432 g/mol. The van der Waals surface area contributed by atoms with E-state index in [0.29, 0.717) is 21.8 Å². The summed E-state index contributed by atoms with van der Waals surface area (Å²) in [7, 11) is 0. The van der Waals surface area contributed by atoms with Gasteiger partial charge >= 0.3 is 0 Å².